The summed E-state index contributed by atoms with van der Waals surface area (Å²) in [5.41, 5.74) is 2.20. The van der Waals surface area contributed by atoms with Crippen LogP contribution in [0.5, 0.6) is 5.75 Å². The molecule has 0 bridgehead atoms. The van der Waals surface area contributed by atoms with Gasteiger partial charge < -0.3 is 9.84 Å². The maximum atomic E-state index is 11.0. The molecule has 2 aromatic rings. The molecule has 21 heavy (non-hydrogen) atoms. The van der Waals surface area contributed by atoms with Crippen LogP contribution in [0.1, 0.15) is 35.6 Å². The third-order valence-corrected chi connectivity index (χ3v) is 3.78. The van der Waals surface area contributed by atoms with Crippen LogP contribution in [-0.4, -0.2) is 20.9 Å². The monoisotopic (exact) mass is 352 g/mol. The molecule has 6 heteroatoms. The van der Waals surface area contributed by atoms with Gasteiger partial charge in [0.2, 0.25) is 0 Å². The number of carboxylic acids is 1. The number of aromatic carboxylic acids is 1. The van der Waals surface area contributed by atoms with Gasteiger partial charge in [0.15, 0.2) is 0 Å². The molecule has 0 spiro atoms. The van der Waals surface area contributed by atoms with Gasteiger partial charge in [0.1, 0.15) is 12.4 Å². The number of carboxylic acid groups (broad SMARTS) is 1. The fourth-order valence-electron chi connectivity index (χ4n) is 1.98. The van der Waals surface area contributed by atoms with Crippen LogP contribution in [0.3, 0.4) is 0 Å². The number of rotatable bonds is 6. The molecule has 112 valence electrons. The fourth-order valence-corrected chi connectivity index (χ4v) is 2.34. The van der Waals surface area contributed by atoms with Crippen molar-refractivity contribution in [3.63, 3.8) is 0 Å². The number of aromatic nitrogens is 2. The number of hydrogen-bond donors (Lipinski definition) is 1. The molecule has 1 heterocycles. The van der Waals surface area contributed by atoms with E-state index in [-0.39, 0.29) is 5.56 Å². The molecule has 0 unspecified atom stereocenters. The van der Waals surface area contributed by atoms with E-state index in [1.165, 1.54) is 12.1 Å². The molecule has 0 aliphatic carbocycles. The van der Waals surface area contributed by atoms with E-state index in [1.807, 2.05) is 17.7 Å². The minimum absolute atomic E-state index is 0.200. The molecule has 1 aromatic heterocycles. The number of ether oxygens (including phenoxy) is 1. The minimum Gasteiger partial charge on any atom is -0.486 e. The van der Waals surface area contributed by atoms with E-state index >= 15 is 0 Å². The maximum Gasteiger partial charge on any atom is 0.335 e. The highest BCUT2D eigenvalue weighted by atomic mass is 79.9. The molecule has 0 saturated carbocycles. The van der Waals surface area contributed by atoms with Crippen LogP contribution in [0.2, 0.25) is 0 Å². The summed E-state index contributed by atoms with van der Waals surface area (Å²) in [4.78, 5) is 11.0. The van der Waals surface area contributed by atoms with Gasteiger partial charge in [0.05, 0.1) is 21.4 Å². The van der Waals surface area contributed by atoms with E-state index in [4.69, 9.17) is 9.84 Å². The summed E-state index contributed by atoms with van der Waals surface area (Å²) < 4.78 is 8.37. The molecule has 1 N–H and O–H groups in total. The fraction of sp³-hybridized carbons (Fsp3) is 0.333. The van der Waals surface area contributed by atoms with Crippen molar-refractivity contribution in [2.24, 2.45) is 0 Å². The Morgan fingerprint density at radius 3 is 2.76 bits per heavy atom. The predicted molar refractivity (Wildman–Crippen MR) is 82.7 cm³/mol. The smallest absolute Gasteiger partial charge is 0.335 e. The summed E-state index contributed by atoms with van der Waals surface area (Å²) in [6, 6.07) is 6.73. The van der Waals surface area contributed by atoms with E-state index in [0.29, 0.717) is 12.4 Å². The lowest BCUT2D eigenvalue weighted by Gasteiger charge is -2.10. The zero-order valence-electron chi connectivity index (χ0n) is 12.0. The summed E-state index contributed by atoms with van der Waals surface area (Å²) in [6.45, 7) is 5.20. The summed E-state index contributed by atoms with van der Waals surface area (Å²) >= 11 is 3.37. The van der Waals surface area contributed by atoms with E-state index in [9.17, 15) is 4.79 Å². The normalized spacial score (nSPS) is 10.6. The van der Waals surface area contributed by atoms with Crippen LogP contribution in [0.25, 0.3) is 0 Å². The van der Waals surface area contributed by atoms with Crippen molar-refractivity contribution in [3.05, 3.63) is 45.7 Å². The van der Waals surface area contributed by atoms with Gasteiger partial charge in [-0.2, -0.15) is 5.10 Å². The molecule has 5 nitrogen and oxygen atoms in total. The SMILES string of the molecule is CCc1cc(COc2cc(C(=O)O)ccc2Br)n(CC)n1. The van der Waals surface area contributed by atoms with E-state index in [1.54, 1.807) is 6.07 Å². The Bertz CT molecular complexity index is 652. The number of carbonyl (C=O) groups is 1. The lowest BCUT2D eigenvalue weighted by atomic mass is 10.2. The molecule has 0 fully saturated rings. The molecular formula is C15H17BrN2O3. The third kappa shape index (κ3) is 3.64. The Hall–Kier alpha value is -1.82. The topological polar surface area (TPSA) is 64.3 Å². The van der Waals surface area contributed by atoms with Crippen LogP contribution in [0, 0.1) is 0 Å². The average molecular weight is 353 g/mol. The van der Waals surface area contributed by atoms with Crippen molar-refractivity contribution < 1.29 is 14.6 Å². The van der Waals surface area contributed by atoms with Crippen molar-refractivity contribution in [3.8, 4) is 5.75 Å². The standard InChI is InChI=1S/C15H17BrN2O3/c1-3-11-8-12(18(4-2)17-11)9-21-14-7-10(15(19)20)5-6-13(14)16/h5-8H,3-4,9H2,1-2H3,(H,19,20). The maximum absolute atomic E-state index is 11.0. The third-order valence-electron chi connectivity index (χ3n) is 3.13. The van der Waals surface area contributed by atoms with E-state index in [2.05, 4.69) is 28.0 Å². The lowest BCUT2D eigenvalue weighted by molar-refractivity contribution is 0.0696. The van der Waals surface area contributed by atoms with Gasteiger partial charge in [-0.15, -0.1) is 0 Å². The molecule has 0 saturated heterocycles. The Morgan fingerprint density at radius 2 is 2.14 bits per heavy atom. The van der Waals surface area contributed by atoms with Gasteiger partial charge in [-0.3, -0.25) is 4.68 Å². The summed E-state index contributed by atoms with van der Waals surface area (Å²) in [5.74, 6) is -0.462. The second-order valence-corrected chi connectivity index (χ2v) is 5.39. The van der Waals surface area contributed by atoms with Crippen molar-refractivity contribution in [2.45, 2.75) is 33.4 Å². The molecule has 0 radical (unpaired) electrons. The Morgan fingerprint density at radius 1 is 1.38 bits per heavy atom. The Balaban J connectivity index is 2.18. The first-order valence-electron chi connectivity index (χ1n) is 6.76. The molecule has 2 rings (SSSR count). The first-order chi connectivity index (χ1) is 10.0. The predicted octanol–water partition coefficient (Wildman–Crippen LogP) is 3.51. The molecule has 0 atom stereocenters. The van der Waals surface area contributed by atoms with Gasteiger partial charge in [-0.25, -0.2) is 4.79 Å². The van der Waals surface area contributed by atoms with Crippen molar-refractivity contribution >= 4 is 21.9 Å². The second-order valence-electron chi connectivity index (χ2n) is 4.54. The molecule has 0 aliphatic rings. The number of aryl methyl sites for hydroxylation is 2. The summed E-state index contributed by atoms with van der Waals surface area (Å²) in [6.07, 6.45) is 0.873. The number of halogens is 1. The quantitative estimate of drug-likeness (QED) is 0.863. The molecule has 1 aromatic carbocycles. The largest absolute Gasteiger partial charge is 0.486 e. The van der Waals surface area contributed by atoms with E-state index < -0.39 is 5.97 Å². The first-order valence-corrected chi connectivity index (χ1v) is 7.55. The Kier molecular flexibility index (Phi) is 5.01. The first kappa shape index (κ1) is 15.6. The zero-order valence-corrected chi connectivity index (χ0v) is 13.6. The number of nitrogens with zero attached hydrogens (tertiary/aromatic N) is 2. The average Bonchev–Trinajstić information content (AvgIpc) is 2.88. The van der Waals surface area contributed by atoms with Gasteiger partial charge in [0, 0.05) is 6.54 Å². The minimum atomic E-state index is -0.973. The van der Waals surface area contributed by atoms with Crippen LogP contribution >= 0.6 is 15.9 Å². The summed E-state index contributed by atoms with van der Waals surface area (Å²) in [7, 11) is 0. The molecule has 0 aliphatic heterocycles. The highest BCUT2D eigenvalue weighted by Gasteiger charge is 2.10. The van der Waals surface area contributed by atoms with Gasteiger partial charge >= 0.3 is 5.97 Å². The summed E-state index contributed by atoms with van der Waals surface area (Å²) in [5, 5.41) is 13.5. The van der Waals surface area contributed by atoms with Gasteiger partial charge in [-0.1, -0.05) is 6.92 Å². The number of hydrogen-bond acceptors (Lipinski definition) is 3. The van der Waals surface area contributed by atoms with Crippen molar-refractivity contribution in [1.29, 1.82) is 0 Å². The lowest BCUT2D eigenvalue weighted by Crippen LogP contribution is -2.07. The highest BCUT2D eigenvalue weighted by Crippen LogP contribution is 2.27. The number of benzene rings is 1. The second kappa shape index (κ2) is 6.76. The Labute approximate surface area is 131 Å². The molecular weight excluding hydrogens is 336 g/mol. The van der Waals surface area contributed by atoms with E-state index in [0.717, 1.165) is 28.8 Å². The van der Waals surface area contributed by atoms with Gasteiger partial charge in [0.25, 0.3) is 0 Å². The van der Waals surface area contributed by atoms with Crippen molar-refractivity contribution in [2.75, 3.05) is 0 Å². The van der Waals surface area contributed by atoms with Crippen LogP contribution in [-0.2, 0) is 19.6 Å². The van der Waals surface area contributed by atoms with Crippen LogP contribution in [0.15, 0.2) is 28.7 Å². The molecule has 0 amide bonds. The highest BCUT2D eigenvalue weighted by molar-refractivity contribution is 9.10. The van der Waals surface area contributed by atoms with Crippen LogP contribution in [0.4, 0.5) is 0 Å². The van der Waals surface area contributed by atoms with Crippen LogP contribution < -0.4 is 4.74 Å². The zero-order chi connectivity index (χ0) is 15.4. The van der Waals surface area contributed by atoms with Crippen molar-refractivity contribution in [1.82, 2.24) is 9.78 Å². The van der Waals surface area contributed by atoms with Gasteiger partial charge in [-0.05, 0) is 53.5 Å².